The molecule has 0 saturated heterocycles. The molecule has 2 atom stereocenters. The summed E-state index contributed by atoms with van der Waals surface area (Å²) in [5.41, 5.74) is 6.66. The molecule has 2 aromatic rings. The Labute approximate surface area is 181 Å². The second-order valence-corrected chi connectivity index (χ2v) is 8.54. The Morgan fingerprint density at radius 3 is 2.27 bits per heavy atom. The first kappa shape index (κ1) is 22.1. The number of methoxy groups -OCH3 is 2. The molecular weight excluding hydrogens is 370 g/mol. The highest BCUT2D eigenvalue weighted by atomic mass is 16.5. The van der Waals surface area contributed by atoms with Gasteiger partial charge in [-0.3, -0.25) is 4.99 Å². The summed E-state index contributed by atoms with van der Waals surface area (Å²) in [7, 11) is 3.43. The summed E-state index contributed by atoms with van der Waals surface area (Å²) >= 11 is 0. The van der Waals surface area contributed by atoms with Crippen LogP contribution in [-0.2, 0) is 6.54 Å². The molecule has 0 fully saturated rings. The molecule has 2 aromatic carbocycles. The van der Waals surface area contributed by atoms with Crippen LogP contribution in [0.15, 0.2) is 59.1 Å². The zero-order valence-electron chi connectivity index (χ0n) is 19.1. The molecule has 1 aliphatic carbocycles. The number of ether oxygens (including phenoxy) is 2. The molecule has 0 unspecified atom stereocenters. The minimum atomic E-state index is 0.453. The van der Waals surface area contributed by atoms with Crippen molar-refractivity contribution in [2.24, 2.45) is 4.99 Å². The van der Waals surface area contributed by atoms with E-state index in [4.69, 9.17) is 14.5 Å². The van der Waals surface area contributed by atoms with E-state index in [1.807, 2.05) is 6.07 Å². The zero-order chi connectivity index (χ0) is 21.5. The molecule has 1 aliphatic rings. The van der Waals surface area contributed by atoms with Crippen LogP contribution in [0.1, 0.15) is 75.0 Å². The van der Waals surface area contributed by atoms with Gasteiger partial charge in [0.1, 0.15) is 0 Å². The summed E-state index contributed by atoms with van der Waals surface area (Å²) < 4.78 is 11.2. The molecule has 0 aliphatic heterocycles. The van der Waals surface area contributed by atoms with Crippen molar-refractivity contribution in [2.75, 3.05) is 14.2 Å². The number of hydrogen-bond acceptors (Lipinski definition) is 3. The van der Waals surface area contributed by atoms with E-state index < -0.39 is 0 Å². The van der Waals surface area contributed by atoms with E-state index in [0.717, 1.165) is 30.9 Å². The Hall–Kier alpha value is -2.55. The van der Waals surface area contributed by atoms with Crippen molar-refractivity contribution in [3.8, 4) is 11.5 Å². The number of benzene rings is 2. The number of allylic oxidation sites excluding steroid dienone is 2. The van der Waals surface area contributed by atoms with Gasteiger partial charge < -0.3 is 9.47 Å². The normalized spacial score (nSPS) is 18.5. The van der Waals surface area contributed by atoms with E-state index >= 15 is 0 Å². The van der Waals surface area contributed by atoms with Gasteiger partial charge in [0.25, 0.3) is 0 Å². The van der Waals surface area contributed by atoms with E-state index in [2.05, 4.69) is 63.2 Å². The third kappa shape index (κ3) is 5.53. The second kappa shape index (κ2) is 10.5. The summed E-state index contributed by atoms with van der Waals surface area (Å²) in [6, 6.07) is 14.9. The number of hydrogen-bond donors (Lipinski definition) is 0. The fourth-order valence-corrected chi connectivity index (χ4v) is 4.42. The number of fused-ring (bicyclic) bond motifs is 1. The maximum atomic E-state index is 5.62. The molecule has 0 heterocycles. The first-order chi connectivity index (χ1) is 14.5. The van der Waals surface area contributed by atoms with Gasteiger partial charge in [-0.2, -0.15) is 0 Å². The first-order valence-electron chi connectivity index (χ1n) is 11.0. The van der Waals surface area contributed by atoms with Gasteiger partial charge in [0.15, 0.2) is 11.5 Å². The lowest BCUT2D eigenvalue weighted by Gasteiger charge is -2.31. The van der Waals surface area contributed by atoms with Crippen molar-refractivity contribution in [1.82, 2.24) is 0 Å². The number of aliphatic imine (C=N–C) groups is 1. The highest BCUT2D eigenvalue weighted by Gasteiger charge is 2.28. The van der Waals surface area contributed by atoms with Gasteiger partial charge in [-0.25, -0.2) is 0 Å². The highest BCUT2D eigenvalue weighted by Crippen LogP contribution is 2.46. The smallest absolute Gasteiger partial charge is 0.161 e. The van der Waals surface area contributed by atoms with Gasteiger partial charge in [-0.05, 0) is 81.2 Å². The molecule has 30 heavy (non-hydrogen) atoms. The molecular formula is C27H35NO2. The van der Waals surface area contributed by atoms with Crippen LogP contribution in [0.5, 0.6) is 11.5 Å². The maximum absolute atomic E-state index is 5.62. The lowest BCUT2D eigenvalue weighted by molar-refractivity contribution is 0.352. The lowest BCUT2D eigenvalue weighted by Crippen LogP contribution is -2.15. The van der Waals surface area contributed by atoms with E-state index in [9.17, 15) is 0 Å². The minimum absolute atomic E-state index is 0.453. The Morgan fingerprint density at radius 1 is 0.967 bits per heavy atom. The summed E-state index contributed by atoms with van der Waals surface area (Å²) in [6.07, 6.45) is 6.92. The molecule has 0 bridgehead atoms. The molecule has 3 rings (SSSR count). The van der Waals surface area contributed by atoms with Gasteiger partial charge in [0.2, 0.25) is 0 Å². The van der Waals surface area contributed by atoms with Crippen molar-refractivity contribution in [2.45, 2.75) is 64.8 Å². The van der Waals surface area contributed by atoms with Crippen LogP contribution in [0.25, 0.3) is 0 Å². The maximum Gasteiger partial charge on any atom is 0.161 e. The van der Waals surface area contributed by atoms with E-state index in [-0.39, 0.29) is 0 Å². The molecule has 3 nitrogen and oxygen atoms in total. The van der Waals surface area contributed by atoms with Gasteiger partial charge in [0.05, 0.1) is 20.8 Å². The van der Waals surface area contributed by atoms with Crippen LogP contribution in [0, 0.1) is 0 Å². The van der Waals surface area contributed by atoms with E-state index in [1.165, 1.54) is 40.8 Å². The van der Waals surface area contributed by atoms with E-state index in [1.54, 1.807) is 14.2 Å². The fraction of sp³-hybridized carbons (Fsp3) is 0.444. The molecule has 0 saturated carbocycles. The van der Waals surface area contributed by atoms with Gasteiger partial charge in [-0.1, -0.05) is 42.0 Å². The van der Waals surface area contributed by atoms with Crippen molar-refractivity contribution in [3.05, 3.63) is 70.8 Å². The molecule has 0 spiro atoms. The van der Waals surface area contributed by atoms with Crippen LogP contribution in [0.4, 0.5) is 0 Å². The standard InChI is InChI=1S/C27H35NO2/c1-19(2)15-23-14-13-22(24-16-26(29-4)27(30-5)17-25(23)24)12-11-20(3)28-18-21-9-7-6-8-10-21/h6-10,15-17,22-23H,11-14,18H2,1-5H3/t22-,23-/m1/s1. The van der Waals surface area contributed by atoms with Crippen LogP contribution >= 0.6 is 0 Å². The predicted molar refractivity (Wildman–Crippen MR) is 126 cm³/mol. The van der Waals surface area contributed by atoms with Gasteiger partial charge in [0, 0.05) is 11.6 Å². The Kier molecular flexibility index (Phi) is 7.73. The average Bonchev–Trinajstić information content (AvgIpc) is 2.76. The lowest BCUT2D eigenvalue weighted by atomic mass is 9.74. The third-order valence-electron chi connectivity index (χ3n) is 6.02. The molecule has 3 heteroatoms. The zero-order valence-corrected chi connectivity index (χ0v) is 19.1. The van der Waals surface area contributed by atoms with Gasteiger partial charge >= 0.3 is 0 Å². The Bertz CT molecular complexity index is 895. The largest absolute Gasteiger partial charge is 0.493 e. The fourth-order valence-electron chi connectivity index (χ4n) is 4.42. The molecule has 0 amide bonds. The second-order valence-electron chi connectivity index (χ2n) is 8.54. The third-order valence-corrected chi connectivity index (χ3v) is 6.02. The predicted octanol–water partition coefficient (Wildman–Crippen LogP) is 7.07. The van der Waals surface area contributed by atoms with Gasteiger partial charge in [-0.15, -0.1) is 0 Å². The molecule has 0 aromatic heterocycles. The minimum Gasteiger partial charge on any atom is -0.493 e. The van der Waals surface area contributed by atoms with E-state index in [0.29, 0.717) is 11.8 Å². The highest BCUT2D eigenvalue weighted by molar-refractivity contribution is 5.82. The van der Waals surface area contributed by atoms with Crippen LogP contribution in [0.2, 0.25) is 0 Å². The molecule has 0 N–H and O–H groups in total. The Balaban J connectivity index is 1.78. The first-order valence-corrected chi connectivity index (χ1v) is 11.0. The van der Waals surface area contributed by atoms with Crippen LogP contribution in [-0.4, -0.2) is 19.9 Å². The molecule has 160 valence electrons. The van der Waals surface area contributed by atoms with Crippen molar-refractivity contribution >= 4 is 5.71 Å². The topological polar surface area (TPSA) is 30.8 Å². The van der Waals surface area contributed by atoms with Crippen molar-refractivity contribution in [1.29, 1.82) is 0 Å². The van der Waals surface area contributed by atoms with Crippen LogP contribution in [0.3, 0.4) is 0 Å². The SMILES string of the molecule is COc1cc2c(cc1OC)[C@@H](C=C(C)C)CC[C@H]2CCC(C)=NCc1ccccc1. The number of rotatable bonds is 8. The monoisotopic (exact) mass is 405 g/mol. The summed E-state index contributed by atoms with van der Waals surface area (Å²) in [6.45, 7) is 7.28. The quantitative estimate of drug-likeness (QED) is 0.347. The Morgan fingerprint density at radius 2 is 1.63 bits per heavy atom. The van der Waals surface area contributed by atoms with Crippen molar-refractivity contribution < 1.29 is 9.47 Å². The summed E-state index contributed by atoms with van der Waals surface area (Å²) in [4.78, 5) is 4.81. The van der Waals surface area contributed by atoms with Crippen LogP contribution < -0.4 is 9.47 Å². The average molecular weight is 406 g/mol. The molecule has 0 radical (unpaired) electrons. The summed E-state index contributed by atoms with van der Waals surface area (Å²) in [5, 5.41) is 0. The van der Waals surface area contributed by atoms with Crippen molar-refractivity contribution in [3.63, 3.8) is 0 Å². The summed E-state index contributed by atoms with van der Waals surface area (Å²) in [5.74, 6) is 2.63. The number of nitrogens with zero attached hydrogens (tertiary/aromatic N) is 1.